The van der Waals surface area contributed by atoms with Gasteiger partial charge in [0.15, 0.2) is 12.4 Å². The Labute approximate surface area is 166 Å². The molecule has 154 valence electrons. The monoisotopic (exact) mass is 405 g/mol. The van der Waals surface area contributed by atoms with Crippen LogP contribution in [0.4, 0.5) is 14.5 Å². The van der Waals surface area contributed by atoms with E-state index in [0.29, 0.717) is 24.0 Å². The Morgan fingerprint density at radius 1 is 1.00 bits per heavy atom. The maximum absolute atomic E-state index is 13.5. The molecule has 0 aromatic heterocycles. The quantitative estimate of drug-likeness (QED) is 0.479. The molecule has 2 aromatic carbocycles. The van der Waals surface area contributed by atoms with Crippen LogP contribution in [0.3, 0.4) is 0 Å². The van der Waals surface area contributed by atoms with Gasteiger partial charge in [0.05, 0.1) is 18.7 Å². The highest BCUT2D eigenvalue weighted by molar-refractivity contribution is 5.98. The summed E-state index contributed by atoms with van der Waals surface area (Å²) >= 11 is 0. The zero-order valence-electron chi connectivity index (χ0n) is 15.9. The highest BCUT2D eigenvalue weighted by atomic mass is 19.1. The van der Waals surface area contributed by atoms with E-state index in [-0.39, 0.29) is 24.3 Å². The van der Waals surface area contributed by atoms with Gasteiger partial charge in [0.1, 0.15) is 17.4 Å². The maximum atomic E-state index is 13.5. The summed E-state index contributed by atoms with van der Waals surface area (Å²) in [5, 5.41) is 2.17. The Bertz CT molecular complexity index is 868. The van der Waals surface area contributed by atoms with Crippen molar-refractivity contribution in [3.8, 4) is 5.75 Å². The molecule has 6 nitrogen and oxygen atoms in total. The van der Waals surface area contributed by atoms with E-state index < -0.39 is 30.1 Å². The van der Waals surface area contributed by atoms with Gasteiger partial charge in [0.25, 0.3) is 5.91 Å². The molecular formula is C21H21F2NO5. The minimum Gasteiger partial charge on any atom is -0.494 e. The van der Waals surface area contributed by atoms with Crippen LogP contribution in [-0.2, 0) is 14.3 Å². The van der Waals surface area contributed by atoms with E-state index in [1.54, 1.807) is 24.3 Å². The molecule has 0 heterocycles. The normalized spacial score (nSPS) is 10.3. The number of esters is 1. The molecule has 0 saturated carbocycles. The standard InChI is InChI=1S/C21H21F2NO5/c1-2-11-28-16-6-3-14(4-7-16)19(25)9-10-21(27)29-13-20(26)24-18-8-5-15(22)12-17(18)23/h3-8,12H,2,9-11,13H2,1H3,(H,24,26). The summed E-state index contributed by atoms with van der Waals surface area (Å²) in [4.78, 5) is 35.5. The number of amides is 1. The molecule has 8 heteroatoms. The van der Waals surface area contributed by atoms with Crippen LogP contribution in [0.25, 0.3) is 0 Å². The molecule has 0 fully saturated rings. The first kappa shape index (κ1) is 22.0. The molecule has 0 aliphatic carbocycles. The fourth-order valence-electron chi connectivity index (χ4n) is 2.31. The van der Waals surface area contributed by atoms with E-state index in [1.807, 2.05) is 6.92 Å². The van der Waals surface area contributed by atoms with Crippen molar-refractivity contribution in [2.45, 2.75) is 26.2 Å². The average molecular weight is 405 g/mol. The first-order valence-electron chi connectivity index (χ1n) is 9.05. The summed E-state index contributed by atoms with van der Waals surface area (Å²) < 4.78 is 36.5. The Morgan fingerprint density at radius 2 is 1.72 bits per heavy atom. The molecular weight excluding hydrogens is 384 g/mol. The molecule has 0 radical (unpaired) electrons. The highest BCUT2D eigenvalue weighted by Crippen LogP contribution is 2.16. The van der Waals surface area contributed by atoms with Gasteiger partial charge >= 0.3 is 5.97 Å². The van der Waals surface area contributed by atoms with Crippen molar-refractivity contribution in [2.24, 2.45) is 0 Å². The molecule has 0 aliphatic rings. The van der Waals surface area contributed by atoms with Crippen molar-refractivity contribution >= 4 is 23.3 Å². The van der Waals surface area contributed by atoms with Gasteiger partial charge in [-0.25, -0.2) is 8.78 Å². The number of anilines is 1. The second kappa shape index (κ2) is 10.9. The molecule has 29 heavy (non-hydrogen) atoms. The van der Waals surface area contributed by atoms with Gasteiger partial charge in [-0.15, -0.1) is 0 Å². The summed E-state index contributed by atoms with van der Waals surface area (Å²) in [5.41, 5.74) is 0.208. The van der Waals surface area contributed by atoms with Crippen LogP contribution in [0.2, 0.25) is 0 Å². The number of benzene rings is 2. The summed E-state index contributed by atoms with van der Waals surface area (Å²) in [6.45, 7) is 1.93. The van der Waals surface area contributed by atoms with Crippen molar-refractivity contribution in [3.63, 3.8) is 0 Å². The summed E-state index contributed by atoms with van der Waals surface area (Å²) in [5.74, 6) is -2.83. The fraction of sp³-hybridized carbons (Fsp3) is 0.286. The SMILES string of the molecule is CCCOc1ccc(C(=O)CCC(=O)OCC(=O)Nc2ccc(F)cc2F)cc1. The highest BCUT2D eigenvalue weighted by Gasteiger charge is 2.13. The smallest absolute Gasteiger partial charge is 0.306 e. The van der Waals surface area contributed by atoms with Gasteiger partial charge in [0, 0.05) is 18.1 Å². The van der Waals surface area contributed by atoms with E-state index >= 15 is 0 Å². The average Bonchev–Trinajstić information content (AvgIpc) is 2.71. The van der Waals surface area contributed by atoms with Crippen LogP contribution in [0, 0.1) is 11.6 Å². The third-order valence-electron chi connectivity index (χ3n) is 3.77. The van der Waals surface area contributed by atoms with Gasteiger partial charge in [-0.3, -0.25) is 14.4 Å². The van der Waals surface area contributed by atoms with Crippen molar-refractivity contribution < 1.29 is 32.6 Å². The number of hydrogen-bond donors (Lipinski definition) is 1. The molecule has 1 amide bonds. The number of hydrogen-bond acceptors (Lipinski definition) is 5. The van der Waals surface area contributed by atoms with E-state index in [0.717, 1.165) is 18.6 Å². The Hall–Kier alpha value is -3.29. The second-order valence-electron chi connectivity index (χ2n) is 6.13. The minimum absolute atomic E-state index is 0.0811. The summed E-state index contributed by atoms with van der Waals surface area (Å²) in [7, 11) is 0. The van der Waals surface area contributed by atoms with E-state index in [2.05, 4.69) is 5.32 Å². The van der Waals surface area contributed by atoms with Gasteiger partial charge in [-0.05, 0) is 42.8 Å². The molecule has 1 N–H and O–H groups in total. The van der Waals surface area contributed by atoms with Gasteiger partial charge < -0.3 is 14.8 Å². The van der Waals surface area contributed by atoms with E-state index in [1.165, 1.54) is 0 Å². The van der Waals surface area contributed by atoms with Crippen molar-refractivity contribution in [1.82, 2.24) is 0 Å². The predicted octanol–water partition coefficient (Wildman–Crippen LogP) is 3.90. The molecule has 0 bridgehead atoms. The molecule has 0 saturated heterocycles. The summed E-state index contributed by atoms with van der Waals surface area (Å²) in [6, 6.07) is 9.25. The second-order valence-corrected chi connectivity index (χ2v) is 6.13. The number of halogens is 2. The van der Waals surface area contributed by atoms with E-state index in [9.17, 15) is 23.2 Å². The lowest BCUT2D eigenvalue weighted by molar-refractivity contribution is -0.147. The van der Waals surface area contributed by atoms with Crippen LogP contribution in [0.5, 0.6) is 5.75 Å². The van der Waals surface area contributed by atoms with Gasteiger partial charge in [-0.1, -0.05) is 6.92 Å². The third-order valence-corrected chi connectivity index (χ3v) is 3.77. The number of ketones is 1. The van der Waals surface area contributed by atoms with Crippen molar-refractivity contribution in [1.29, 1.82) is 0 Å². The van der Waals surface area contributed by atoms with Crippen molar-refractivity contribution in [3.05, 3.63) is 59.7 Å². The minimum atomic E-state index is -0.943. The lowest BCUT2D eigenvalue weighted by Gasteiger charge is -2.08. The third kappa shape index (κ3) is 7.33. The van der Waals surface area contributed by atoms with Crippen LogP contribution >= 0.6 is 0 Å². The lowest BCUT2D eigenvalue weighted by atomic mass is 10.1. The van der Waals surface area contributed by atoms with Crippen molar-refractivity contribution in [2.75, 3.05) is 18.5 Å². The Morgan fingerprint density at radius 3 is 2.38 bits per heavy atom. The number of rotatable bonds is 10. The largest absolute Gasteiger partial charge is 0.494 e. The van der Waals surface area contributed by atoms with E-state index in [4.69, 9.17) is 9.47 Å². The number of carbonyl (C=O) groups is 3. The topological polar surface area (TPSA) is 81.7 Å². The molecule has 0 unspecified atom stereocenters. The van der Waals surface area contributed by atoms with Crippen LogP contribution in [0.15, 0.2) is 42.5 Å². The molecule has 2 aromatic rings. The van der Waals surface area contributed by atoms with Crippen LogP contribution < -0.4 is 10.1 Å². The zero-order valence-corrected chi connectivity index (χ0v) is 15.9. The maximum Gasteiger partial charge on any atom is 0.306 e. The molecule has 2 rings (SSSR count). The number of carbonyl (C=O) groups excluding carboxylic acids is 3. The van der Waals surface area contributed by atoms with Gasteiger partial charge in [-0.2, -0.15) is 0 Å². The Balaban J connectivity index is 1.73. The predicted molar refractivity (Wildman–Crippen MR) is 102 cm³/mol. The summed E-state index contributed by atoms with van der Waals surface area (Å²) in [6.07, 6.45) is 0.590. The lowest BCUT2D eigenvalue weighted by Crippen LogP contribution is -2.21. The number of ether oxygens (including phenoxy) is 2. The van der Waals surface area contributed by atoms with Gasteiger partial charge in [0.2, 0.25) is 0 Å². The zero-order chi connectivity index (χ0) is 21.2. The first-order chi connectivity index (χ1) is 13.9. The molecule has 0 spiro atoms. The first-order valence-corrected chi connectivity index (χ1v) is 9.05. The van der Waals surface area contributed by atoms with Crippen LogP contribution in [-0.4, -0.2) is 30.9 Å². The molecule has 0 atom stereocenters. The van der Waals surface area contributed by atoms with Crippen LogP contribution in [0.1, 0.15) is 36.5 Å². The fourth-order valence-corrected chi connectivity index (χ4v) is 2.31. The number of Topliss-reactive ketones (excluding diaryl/α,β-unsaturated/α-hetero) is 1. The Kier molecular flexibility index (Phi) is 8.27. The number of nitrogens with one attached hydrogen (secondary N) is 1. The molecule has 0 aliphatic heterocycles.